The Balaban J connectivity index is 3.85. The molecule has 218 valence electrons. The summed E-state index contributed by atoms with van der Waals surface area (Å²) >= 11 is 0. The molecule has 1 amide bonds. The van der Waals surface area contributed by atoms with Gasteiger partial charge in [0, 0.05) is 0 Å². The van der Waals surface area contributed by atoms with Gasteiger partial charge in [-0.15, -0.1) is 0 Å². The van der Waals surface area contributed by atoms with Crippen molar-refractivity contribution in [1.82, 2.24) is 5.32 Å². The standard InChI is InChI=1S/C32H61NO4/c1-3-5-7-9-11-12-13-14-15-16-17-18-20-22-24-26-31(36)30(28-34)33-32(37)27-29(35)25-23-21-19-10-8-6-4-2/h17-18,24,26,29-31,34-36H,3-16,19-23,25,27-28H2,1-2H3,(H,33,37)/b18-17+,26-24+. The molecular weight excluding hydrogens is 462 g/mol. The van der Waals surface area contributed by atoms with E-state index in [-0.39, 0.29) is 18.9 Å². The Kier molecular flexibility index (Phi) is 27.0. The highest BCUT2D eigenvalue weighted by atomic mass is 16.3. The van der Waals surface area contributed by atoms with Crippen molar-refractivity contribution in [2.75, 3.05) is 6.61 Å². The van der Waals surface area contributed by atoms with E-state index in [0.29, 0.717) is 6.42 Å². The molecule has 37 heavy (non-hydrogen) atoms. The summed E-state index contributed by atoms with van der Waals surface area (Å²) in [7, 11) is 0. The zero-order valence-corrected chi connectivity index (χ0v) is 24.3. The first-order chi connectivity index (χ1) is 18.0. The molecule has 0 radical (unpaired) electrons. The Hall–Kier alpha value is -1.17. The van der Waals surface area contributed by atoms with E-state index in [9.17, 15) is 20.1 Å². The van der Waals surface area contributed by atoms with Crippen LogP contribution in [0.3, 0.4) is 0 Å². The lowest BCUT2D eigenvalue weighted by Gasteiger charge is -2.21. The molecule has 0 aromatic heterocycles. The molecule has 5 heteroatoms. The molecule has 0 aliphatic heterocycles. The first kappa shape index (κ1) is 35.8. The minimum Gasteiger partial charge on any atom is -0.394 e. The van der Waals surface area contributed by atoms with E-state index in [1.807, 2.05) is 6.08 Å². The van der Waals surface area contributed by atoms with Gasteiger partial charge in [-0.1, -0.05) is 134 Å². The van der Waals surface area contributed by atoms with Crippen molar-refractivity contribution in [3.05, 3.63) is 24.3 Å². The van der Waals surface area contributed by atoms with Gasteiger partial charge in [-0.05, 0) is 32.1 Å². The third-order valence-electron chi connectivity index (χ3n) is 6.99. The lowest BCUT2D eigenvalue weighted by molar-refractivity contribution is -0.124. The fourth-order valence-corrected chi connectivity index (χ4v) is 4.53. The van der Waals surface area contributed by atoms with Crippen molar-refractivity contribution in [2.45, 2.75) is 167 Å². The number of aliphatic hydroxyl groups is 3. The summed E-state index contributed by atoms with van der Waals surface area (Å²) < 4.78 is 0. The van der Waals surface area contributed by atoms with Crippen LogP contribution in [-0.2, 0) is 4.79 Å². The van der Waals surface area contributed by atoms with Gasteiger partial charge in [0.05, 0.1) is 31.3 Å². The molecule has 5 nitrogen and oxygen atoms in total. The first-order valence-corrected chi connectivity index (χ1v) is 15.6. The number of carbonyl (C=O) groups excluding carboxylic acids is 1. The quantitative estimate of drug-likeness (QED) is 0.0661. The normalized spacial score (nSPS) is 14.4. The van der Waals surface area contributed by atoms with E-state index in [0.717, 1.165) is 32.1 Å². The van der Waals surface area contributed by atoms with E-state index >= 15 is 0 Å². The number of allylic oxidation sites excluding steroid dienone is 3. The van der Waals surface area contributed by atoms with Crippen LogP contribution < -0.4 is 5.32 Å². The number of unbranched alkanes of at least 4 members (excludes halogenated alkanes) is 16. The van der Waals surface area contributed by atoms with Crippen LogP contribution in [0.1, 0.15) is 149 Å². The van der Waals surface area contributed by atoms with Gasteiger partial charge < -0.3 is 20.6 Å². The summed E-state index contributed by atoms with van der Waals surface area (Å²) in [6.07, 6.45) is 30.2. The number of aliphatic hydroxyl groups excluding tert-OH is 3. The van der Waals surface area contributed by atoms with Crippen LogP contribution in [0.5, 0.6) is 0 Å². The molecule has 0 heterocycles. The van der Waals surface area contributed by atoms with Gasteiger partial charge in [0.2, 0.25) is 5.91 Å². The van der Waals surface area contributed by atoms with Crippen LogP contribution in [-0.4, -0.2) is 46.1 Å². The topological polar surface area (TPSA) is 89.8 Å². The van der Waals surface area contributed by atoms with Crippen LogP contribution in [0.2, 0.25) is 0 Å². The molecule has 3 unspecified atom stereocenters. The predicted molar refractivity (Wildman–Crippen MR) is 158 cm³/mol. The lowest BCUT2D eigenvalue weighted by Crippen LogP contribution is -2.45. The highest BCUT2D eigenvalue weighted by Crippen LogP contribution is 2.12. The maximum absolute atomic E-state index is 12.2. The maximum Gasteiger partial charge on any atom is 0.222 e. The van der Waals surface area contributed by atoms with Gasteiger partial charge in [0.15, 0.2) is 0 Å². The van der Waals surface area contributed by atoms with E-state index in [2.05, 4.69) is 31.3 Å². The summed E-state index contributed by atoms with van der Waals surface area (Å²) in [5, 5.41) is 32.7. The van der Waals surface area contributed by atoms with Crippen molar-refractivity contribution in [3.8, 4) is 0 Å². The third kappa shape index (κ3) is 24.9. The van der Waals surface area contributed by atoms with Crippen molar-refractivity contribution in [1.29, 1.82) is 0 Å². The van der Waals surface area contributed by atoms with Crippen molar-refractivity contribution in [2.24, 2.45) is 0 Å². The Morgan fingerprint density at radius 1 is 0.676 bits per heavy atom. The predicted octanol–water partition coefficient (Wildman–Crippen LogP) is 7.53. The summed E-state index contributed by atoms with van der Waals surface area (Å²) in [6.45, 7) is 4.12. The zero-order chi connectivity index (χ0) is 27.4. The molecule has 0 rings (SSSR count). The second-order valence-electron chi connectivity index (χ2n) is 10.7. The van der Waals surface area contributed by atoms with Gasteiger partial charge in [-0.2, -0.15) is 0 Å². The molecule has 0 aliphatic rings. The fraction of sp³-hybridized carbons (Fsp3) is 0.844. The second-order valence-corrected chi connectivity index (χ2v) is 10.7. The number of rotatable bonds is 27. The summed E-state index contributed by atoms with van der Waals surface area (Å²) in [6, 6.07) is -0.753. The number of carbonyl (C=O) groups is 1. The van der Waals surface area contributed by atoms with Gasteiger partial charge in [0.1, 0.15) is 0 Å². The molecule has 0 saturated heterocycles. The molecule has 0 aliphatic carbocycles. The van der Waals surface area contributed by atoms with Crippen LogP contribution >= 0.6 is 0 Å². The monoisotopic (exact) mass is 523 g/mol. The Morgan fingerprint density at radius 2 is 1.16 bits per heavy atom. The highest BCUT2D eigenvalue weighted by molar-refractivity contribution is 5.76. The number of nitrogens with one attached hydrogen (secondary N) is 1. The Bertz CT molecular complexity index is 549. The summed E-state index contributed by atoms with van der Waals surface area (Å²) in [4.78, 5) is 12.2. The number of hydrogen-bond acceptors (Lipinski definition) is 4. The van der Waals surface area contributed by atoms with Gasteiger partial charge in [0.25, 0.3) is 0 Å². The second kappa shape index (κ2) is 27.9. The van der Waals surface area contributed by atoms with E-state index in [1.165, 1.54) is 89.9 Å². The third-order valence-corrected chi connectivity index (χ3v) is 6.99. The molecule has 0 aromatic carbocycles. The molecule has 0 spiro atoms. The van der Waals surface area contributed by atoms with Gasteiger partial charge in [-0.3, -0.25) is 4.79 Å². The zero-order valence-electron chi connectivity index (χ0n) is 24.3. The molecule has 0 saturated carbocycles. The van der Waals surface area contributed by atoms with Crippen molar-refractivity contribution in [3.63, 3.8) is 0 Å². The Morgan fingerprint density at radius 3 is 1.73 bits per heavy atom. The molecule has 0 bridgehead atoms. The van der Waals surface area contributed by atoms with Gasteiger partial charge >= 0.3 is 0 Å². The molecule has 0 fully saturated rings. The average molecular weight is 524 g/mol. The number of hydrogen-bond donors (Lipinski definition) is 4. The fourth-order valence-electron chi connectivity index (χ4n) is 4.53. The van der Waals surface area contributed by atoms with Crippen LogP contribution in [0.4, 0.5) is 0 Å². The minimum absolute atomic E-state index is 0.00647. The SMILES string of the molecule is CCCCCCCCCCC/C=C/CC/C=C/C(O)C(CO)NC(=O)CC(O)CCCCCCCCC. The Labute approximate surface area is 229 Å². The van der Waals surface area contributed by atoms with Crippen LogP contribution in [0.25, 0.3) is 0 Å². The first-order valence-electron chi connectivity index (χ1n) is 15.6. The van der Waals surface area contributed by atoms with Crippen molar-refractivity contribution >= 4 is 5.91 Å². The van der Waals surface area contributed by atoms with E-state index < -0.39 is 18.2 Å². The summed E-state index contributed by atoms with van der Waals surface area (Å²) in [5.74, 6) is -0.332. The maximum atomic E-state index is 12.2. The van der Waals surface area contributed by atoms with E-state index in [4.69, 9.17) is 0 Å². The lowest BCUT2D eigenvalue weighted by atomic mass is 10.0. The van der Waals surface area contributed by atoms with Crippen LogP contribution in [0.15, 0.2) is 24.3 Å². The molecule has 0 aromatic rings. The molecule has 3 atom stereocenters. The molecular formula is C32H61NO4. The summed E-state index contributed by atoms with van der Waals surface area (Å²) in [5.41, 5.74) is 0. The smallest absolute Gasteiger partial charge is 0.222 e. The van der Waals surface area contributed by atoms with Crippen molar-refractivity contribution < 1.29 is 20.1 Å². The minimum atomic E-state index is -0.944. The van der Waals surface area contributed by atoms with Crippen LogP contribution in [0, 0.1) is 0 Å². The van der Waals surface area contributed by atoms with E-state index in [1.54, 1.807) is 6.08 Å². The number of amides is 1. The highest BCUT2D eigenvalue weighted by Gasteiger charge is 2.19. The van der Waals surface area contributed by atoms with Gasteiger partial charge in [-0.25, -0.2) is 0 Å². The average Bonchev–Trinajstić information content (AvgIpc) is 2.88. The molecule has 4 N–H and O–H groups in total. The largest absolute Gasteiger partial charge is 0.394 e.